The van der Waals surface area contributed by atoms with Crippen molar-refractivity contribution in [1.29, 1.82) is 0 Å². The second-order valence-electron chi connectivity index (χ2n) is 5.12. The molecule has 0 aromatic heterocycles. The third kappa shape index (κ3) is 2.01. The fraction of sp³-hybridized carbons (Fsp3) is 0.0526. The fourth-order valence-corrected chi connectivity index (χ4v) is 2.82. The van der Waals surface area contributed by atoms with Gasteiger partial charge in [0.1, 0.15) is 5.75 Å². The minimum atomic E-state index is -0.882. The highest BCUT2D eigenvalue weighted by atomic mass is 16.6. The molecule has 0 fully saturated rings. The lowest BCUT2D eigenvalue weighted by Crippen LogP contribution is -2.16. The van der Waals surface area contributed by atoms with Crippen LogP contribution in [0.5, 0.6) is 5.75 Å². The third-order valence-corrected chi connectivity index (χ3v) is 3.79. The first-order valence-corrected chi connectivity index (χ1v) is 6.97. The molecule has 0 aliphatic carbocycles. The molecule has 0 saturated heterocycles. The normalized spacial score (nSPS) is 16.5. The summed E-state index contributed by atoms with van der Waals surface area (Å²) in [4.78, 5) is 0. The molecule has 2 heteroatoms. The van der Waals surface area contributed by atoms with E-state index in [1.807, 2.05) is 42.5 Å². The molecule has 3 aromatic rings. The first-order valence-electron chi connectivity index (χ1n) is 6.97. The van der Waals surface area contributed by atoms with Crippen molar-refractivity contribution in [3.05, 3.63) is 72.3 Å². The molecule has 1 N–H and O–H groups in total. The van der Waals surface area contributed by atoms with Gasteiger partial charge in [-0.1, -0.05) is 54.6 Å². The lowest BCUT2D eigenvalue weighted by Gasteiger charge is -2.22. The number of fused-ring (bicyclic) bond motifs is 3. The van der Waals surface area contributed by atoms with E-state index in [1.54, 1.807) is 6.08 Å². The van der Waals surface area contributed by atoms with E-state index in [0.29, 0.717) is 0 Å². The summed E-state index contributed by atoms with van der Waals surface area (Å²) in [6.45, 7) is 0. The van der Waals surface area contributed by atoms with Crippen molar-refractivity contribution in [2.24, 2.45) is 0 Å². The van der Waals surface area contributed by atoms with Gasteiger partial charge in [-0.2, -0.15) is 0 Å². The largest absolute Gasteiger partial charge is 0.460 e. The van der Waals surface area contributed by atoms with Crippen LogP contribution in [-0.4, -0.2) is 11.4 Å². The van der Waals surface area contributed by atoms with Gasteiger partial charge in [0.2, 0.25) is 6.29 Å². The molecule has 0 bridgehead atoms. The summed E-state index contributed by atoms with van der Waals surface area (Å²) in [6.07, 6.45) is 2.73. The molecule has 102 valence electrons. The molecule has 0 spiro atoms. The van der Waals surface area contributed by atoms with Crippen molar-refractivity contribution in [1.82, 2.24) is 0 Å². The van der Waals surface area contributed by atoms with Gasteiger partial charge < -0.3 is 9.84 Å². The average molecular weight is 274 g/mol. The van der Waals surface area contributed by atoms with E-state index in [-0.39, 0.29) is 0 Å². The van der Waals surface area contributed by atoms with Gasteiger partial charge in [-0.15, -0.1) is 0 Å². The number of ether oxygens (including phenoxy) is 1. The Kier molecular flexibility index (Phi) is 2.76. The molecule has 3 aromatic carbocycles. The van der Waals surface area contributed by atoms with E-state index in [0.717, 1.165) is 33.2 Å². The van der Waals surface area contributed by atoms with Crippen molar-refractivity contribution < 1.29 is 9.84 Å². The molecule has 1 aliphatic heterocycles. The Morgan fingerprint density at radius 2 is 1.67 bits per heavy atom. The van der Waals surface area contributed by atoms with E-state index in [2.05, 4.69) is 24.3 Å². The molecule has 21 heavy (non-hydrogen) atoms. The maximum atomic E-state index is 9.77. The topological polar surface area (TPSA) is 29.5 Å². The summed E-state index contributed by atoms with van der Waals surface area (Å²) in [5, 5.41) is 11.9. The van der Waals surface area contributed by atoms with Crippen molar-refractivity contribution in [3.63, 3.8) is 0 Å². The molecule has 1 heterocycles. The monoisotopic (exact) mass is 274 g/mol. The zero-order valence-electron chi connectivity index (χ0n) is 11.4. The summed E-state index contributed by atoms with van der Waals surface area (Å²) in [6, 6.07) is 20.5. The Morgan fingerprint density at radius 1 is 0.905 bits per heavy atom. The van der Waals surface area contributed by atoms with Crippen LogP contribution in [0.25, 0.3) is 28.0 Å². The van der Waals surface area contributed by atoms with E-state index < -0.39 is 6.29 Å². The van der Waals surface area contributed by atoms with E-state index in [4.69, 9.17) is 4.74 Å². The molecule has 1 aliphatic rings. The van der Waals surface area contributed by atoms with Gasteiger partial charge in [-0.25, -0.2) is 0 Å². The van der Waals surface area contributed by atoms with Gasteiger partial charge in [0.05, 0.1) is 0 Å². The first kappa shape index (κ1) is 12.2. The maximum Gasteiger partial charge on any atom is 0.217 e. The maximum absolute atomic E-state index is 9.77. The van der Waals surface area contributed by atoms with Crippen LogP contribution in [0.15, 0.2) is 66.7 Å². The molecule has 0 saturated carbocycles. The number of hydrogen-bond acceptors (Lipinski definition) is 2. The van der Waals surface area contributed by atoms with Crippen LogP contribution in [0.2, 0.25) is 0 Å². The van der Waals surface area contributed by atoms with Crippen LogP contribution in [0.1, 0.15) is 5.56 Å². The second kappa shape index (κ2) is 4.76. The standard InChI is InChI=1S/C19H14O2/c20-18-11-10-16-17(13-6-2-1-3-7-13)12-14-8-4-5-9-15(14)19(16)21-18/h1-12,18,20H. The molecule has 0 radical (unpaired) electrons. The van der Waals surface area contributed by atoms with Gasteiger partial charge in [-0.3, -0.25) is 0 Å². The van der Waals surface area contributed by atoms with Crippen LogP contribution in [0.4, 0.5) is 0 Å². The molecule has 4 rings (SSSR count). The smallest absolute Gasteiger partial charge is 0.217 e. The molecule has 0 amide bonds. The fourth-order valence-electron chi connectivity index (χ4n) is 2.82. The Hall–Kier alpha value is -2.58. The van der Waals surface area contributed by atoms with E-state index >= 15 is 0 Å². The van der Waals surface area contributed by atoms with Crippen molar-refractivity contribution >= 4 is 16.8 Å². The quantitative estimate of drug-likeness (QED) is 0.719. The molecular formula is C19H14O2. The zero-order chi connectivity index (χ0) is 14.2. The molecule has 1 atom stereocenters. The van der Waals surface area contributed by atoms with Crippen molar-refractivity contribution in [2.75, 3.05) is 0 Å². The van der Waals surface area contributed by atoms with Crippen LogP contribution in [0, 0.1) is 0 Å². The lowest BCUT2D eigenvalue weighted by atomic mass is 9.93. The van der Waals surface area contributed by atoms with Crippen LogP contribution < -0.4 is 4.74 Å². The predicted molar refractivity (Wildman–Crippen MR) is 85.1 cm³/mol. The number of aliphatic hydroxyl groups excluding tert-OH is 1. The van der Waals surface area contributed by atoms with Crippen LogP contribution >= 0.6 is 0 Å². The molecule has 1 unspecified atom stereocenters. The Morgan fingerprint density at radius 3 is 2.52 bits per heavy atom. The summed E-state index contributed by atoms with van der Waals surface area (Å²) >= 11 is 0. The number of benzene rings is 3. The van der Waals surface area contributed by atoms with Gasteiger partial charge in [0.15, 0.2) is 0 Å². The summed E-state index contributed by atoms with van der Waals surface area (Å²) in [5.41, 5.74) is 3.28. The molecule has 2 nitrogen and oxygen atoms in total. The van der Waals surface area contributed by atoms with Gasteiger partial charge in [-0.05, 0) is 34.7 Å². The van der Waals surface area contributed by atoms with E-state index in [1.165, 1.54) is 0 Å². The highest BCUT2D eigenvalue weighted by Gasteiger charge is 2.19. The van der Waals surface area contributed by atoms with Gasteiger partial charge in [0, 0.05) is 10.9 Å². The van der Waals surface area contributed by atoms with Gasteiger partial charge in [0.25, 0.3) is 0 Å². The first-order chi connectivity index (χ1) is 10.3. The number of hydrogen-bond donors (Lipinski definition) is 1. The van der Waals surface area contributed by atoms with Crippen molar-refractivity contribution in [2.45, 2.75) is 6.29 Å². The predicted octanol–water partition coefficient (Wildman–Crippen LogP) is 4.23. The summed E-state index contributed by atoms with van der Waals surface area (Å²) in [5.74, 6) is 0.752. The minimum Gasteiger partial charge on any atom is -0.460 e. The zero-order valence-corrected chi connectivity index (χ0v) is 11.4. The highest BCUT2D eigenvalue weighted by Crippen LogP contribution is 2.40. The van der Waals surface area contributed by atoms with Gasteiger partial charge >= 0.3 is 0 Å². The summed E-state index contributed by atoms with van der Waals surface area (Å²) < 4.78 is 5.68. The average Bonchev–Trinajstić information content (AvgIpc) is 2.55. The Balaban J connectivity index is 2.07. The van der Waals surface area contributed by atoms with Crippen molar-refractivity contribution in [3.8, 4) is 16.9 Å². The molecular weight excluding hydrogens is 260 g/mol. The van der Waals surface area contributed by atoms with E-state index in [9.17, 15) is 5.11 Å². The third-order valence-electron chi connectivity index (χ3n) is 3.79. The van der Waals surface area contributed by atoms with Crippen LogP contribution in [-0.2, 0) is 0 Å². The summed E-state index contributed by atoms with van der Waals surface area (Å²) in [7, 11) is 0. The minimum absolute atomic E-state index is 0.752. The van der Waals surface area contributed by atoms with Crippen LogP contribution in [0.3, 0.4) is 0 Å². The SMILES string of the molecule is OC1C=Cc2c(-c3ccccc3)cc3ccccc3c2O1. The number of rotatable bonds is 1. The number of aliphatic hydroxyl groups is 1. The second-order valence-corrected chi connectivity index (χ2v) is 5.12. The Labute approximate surface area is 122 Å². The lowest BCUT2D eigenvalue weighted by molar-refractivity contribution is 0.0244. The highest BCUT2D eigenvalue weighted by molar-refractivity contribution is 5.98. The Bertz CT molecular complexity index is 835.